The second-order valence-electron chi connectivity index (χ2n) is 9.88. The van der Waals surface area contributed by atoms with Crippen LogP contribution >= 0.6 is 0 Å². The summed E-state index contributed by atoms with van der Waals surface area (Å²) in [5.74, 6) is 1.30. The Kier molecular flexibility index (Phi) is 8.26. The highest BCUT2D eigenvalue weighted by Crippen LogP contribution is 2.43. The number of nitrogens with one attached hydrogen (secondary N) is 2. The Hall–Kier alpha value is -2.87. The molecule has 2 aromatic rings. The molecule has 0 saturated carbocycles. The first kappa shape index (κ1) is 26.7. The van der Waals surface area contributed by atoms with Gasteiger partial charge in [0, 0.05) is 29.9 Å². The monoisotopic (exact) mass is 482 g/mol. The van der Waals surface area contributed by atoms with Crippen LogP contribution in [0.2, 0.25) is 0 Å². The summed E-state index contributed by atoms with van der Waals surface area (Å²) in [4.78, 5) is 26.7. The molecule has 2 unspecified atom stereocenters. The van der Waals surface area contributed by atoms with Gasteiger partial charge in [-0.3, -0.25) is 0 Å². The highest BCUT2D eigenvalue weighted by molar-refractivity contribution is 5.76. The molecular weight excluding hydrogens is 440 g/mol. The number of rotatable bonds is 8. The number of hydrogen-bond acceptors (Lipinski definition) is 6. The number of aromatic nitrogens is 2. The molecule has 0 spiro atoms. The van der Waals surface area contributed by atoms with Crippen LogP contribution in [0.1, 0.15) is 81.4 Å². The number of nitrogens with zero attached hydrogens (tertiary/aromatic N) is 4. The fourth-order valence-electron chi connectivity index (χ4n) is 5.33. The van der Waals surface area contributed by atoms with E-state index < -0.39 is 12.3 Å². The van der Waals surface area contributed by atoms with Crippen molar-refractivity contribution in [2.24, 2.45) is 0 Å². The Bertz CT molecular complexity index is 1040. The molecule has 0 fully saturated rings. The number of carbonyl (C=O) groups is 1. The van der Waals surface area contributed by atoms with E-state index in [1.54, 1.807) is 0 Å². The van der Waals surface area contributed by atoms with Gasteiger partial charge >= 0.3 is 6.03 Å². The van der Waals surface area contributed by atoms with E-state index in [2.05, 4.69) is 69.2 Å². The van der Waals surface area contributed by atoms with Gasteiger partial charge in [-0.1, -0.05) is 31.5 Å². The van der Waals surface area contributed by atoms with E-state index in [-0.39, 0.29) is 18.1 Å². The van der Waals surface area contributed by atoms with Gasteiger partial charge in [0.1, 0.15) is 11.9 Å². The van der Waals surface area contributed by atoms with Crippen LogP contribution < -0.4 is 20.4 Å². The molecule has 3 N–H and O–H groups in total. The Morgan fingerprint density at radius 1 is 1.09 bits per heavy atom. The number of aliphatic hydroxyl groups is 1. The standard InChI is InChI=1S/C27H42N6O2/c1-10-20(11-2)33-24-21(22(25(33)34)30-27(35)28-15(4)5)19(9)29-26(31-24)32(12-3)23-17(7)13-16(6)14-18(23)8/h13-15,20,22,25,34H,10-12H2,1-9H3,(H2,28,30,35). The van der Waals surface area contributed by atoms with Crippen LogP contribution in [0.15, 0.2) is 12.1 Å². The van der Waals surface area contributed by atoms with Crippen molar-refractivity contribution in [3.05, 3.63) is 40.1 Å². The number of hydrogen-bond donors (Lipinski definition) is 3. The van der Waals surface area contributed by atoms with Gasteiger partial charge in [0.05, 0.1) is 5.69 Å². The molecule has 2 heterocycles. The SMILES string of the molecule is CCC(CC)N1c2nc(N(CC)c3c(C)cc(C)cc3C)nc(C)c2C(NC(=O)NC(C)C)C1O. The van der Waals surface area contributed by atoms with Gasteiger partial charge < -0.3 is 25.5 Å². The zero-order valence-electron chi connectivity index (χ0n) is 22.7. The minimum Gasteiger partial charge on any atom is -0.371 e. The third-order valence-corrected chi connectivity index (χ3v) is 6.75. The van der Waals surface area contributed by atoms with Crippen LogP contribution in [0.4, 0.5) is 22.2 Å². The fraction of sp³-hybridized carbons (Fsp3) is 0.593. The van der Waals surface area contributed by atoms with E-state index in [1.807, 2.05) is 25.7 Å². The highest BCUT2D eigenvalue weighted by atomic mass is 16.3. The number of fused-ring (bicyclic) bond motifs is 1. The molecule has 8 heteroatoms. The molecule has 0 radical (unpaired) electrons. The predicted octanol–water partition coefficient (Wildman–Crippen LogP) is 4.94. The van der Waals surface area contributed by atoms with Gasteiger partial charge in [0.15, 0.2) is 6.23 Å². The van der Waals surface area contributed by atoms with Gasteiger partial charge in [-0.15, -0.1) is 0 Å². The molecule has 1 aromatic carbocycles. The van der Waals surface area contributed by atoms with E-state index in [0.717, 1.165) is 29.8 Å². The van der Waals surface area contributed by atoms with Gasteiger partial charge in [-0.05, 0) is 72.4 Å². The Labute approximate surface area is 210 Å². The summed E-state index contributed by atoms with van der Waals surface area (Å²) in [5, 5.41) is 17.3. The molecule has 0 aliphatic carbocycles. The quantitative estimate of drug-likeness (QED) is 0.493. The van der Waals surface area contributed by atoms with Crippen molar-refractivity contribution in [2.75, 3.05) is 16.3 Å². The van der Waals surface area contributed by atoms with Crippen LogP contribution in [-0.4, -0.2) is 46.0 Å². The first-order valence-electron chi connectivity index (χ1n) is 12.8. The van der Waals surface area contributed by atoms with E-state index in [0.29, 0.717) is 18.3 Å². The molecule has 8 nitrogen and oxygen atoms in total. The predicted molar refractivity (Wildman–Crippen MR) is 143 cm³/mol. The molecule has 0 saturated heterocycles. The van der Waals surface area contributed by atoms with Crippen molar-refractivity contribution >= 4 is 23.5 Å². The lowest BCUT2D eigenvalue weighted by atomic mass is 10.0. The van der Waals surface area contributed by atoms with Gasteiger partial charge in [0.25, 0.3) is 0 Å². The number of aryl methyl sites for hydroxylation is 4. The highest BCUT2D eigenvalue weighted by Gasteiger charge is 2.44. The minimum atomic E-state index is -0.922. The van der Waals surface area contributed by atoms with Gasteiger partial charge in [-0.25, -0.2) is 9.78 Å². The van der Waals surface area contributed by atoms with Crippen molar-refractivity contribution in [2.45, 2.75) is 99.5 Å². The number of amides is 2. The average molecular weight is 483 g/mol. The Morgan fingerprint density at radius 2 is 1.69 bits per heavy atom. The second-order valence-corrected chi connectivity index (χ2v) is 9.88. The van der Waals surface area contributed by atoms with Crippen LogP contribution in [0, 0.1) is 27.7 Å². The summed E-state index contributed by atoms with van der Waals surface area (Å²) in [7, 11) is 0. The molecular formula is C27H42N6O2. The molecule has 1 aromatic heterocycles. The Morgan fingerprint density at radius 3 is 2.20 bits per heavy atom. The van der Waals surface area contributed by atoms with Crippen molar-refractivity contribution in [3.8, 4) is 0 Å². The molecule has 1 aliphatic heterocycles. The van der Waals surface area contributed by atoms with Crippen LogP contribution in [0.25, 0.3) is 0 Å². The van der Waals surface area contributed by atoms with E-state index in [1.165, 1.54) is 16.7 Å². The van der Waals surface area contributed by atoms with Crippen molar-refractivity contribution in [1.29, 1.82) is 0 Å². The zero-order valence-corrected chi connectivity index (χ0v) is 22.7. The summed E-state index contributed by atoms with van der Waals surface area (Å²) in [6, 6.07) is 3.50. The van der Waals surface area contributed by atoms with Crippen LogP contribution in [-0.2, 0) is 0 Å². The molecule has 0 bridgehead atoms. The second kappa shape index (κ2) is 10.8. The zero-order chi connectivity index (χ0) is 26.0. The summed E-state index contributed by atoms with van der Waals surface area (Å²) in [5.41, 5.74) is 6.22. The molecule has 3 rings (SSSR count). The topological polar surface area (TPSA) is 93.6 Å². The smallest absolute Gasteiger partial charge is 0.315 e. The number of carbonyl (C=O) groups excluding carboxylic acids is 1. The number of urea groups is 1. The first-order valence-corrected chi connectivity index (χ1v) is 12.8. The molecule has 2 amide bonds. The largest absolute Gasteiger partial charge is 0.371 e. The van der Waals surface area contributed by atoms with Crippen molar-refractivity contribution in [1.82, 2.24) is 20.6 Å². The van der Waals surface area contributed by atoms with Crippen molar-refractivity contribution in [3.63, 3.8) is 0 Å². The number of aliphatic hydroxyl groups excluding tert-OH is 1. The maximum absolute atomic E-state index is 12.6. The molecule has 1 aliphatic rings. The van der Waals surface area contributed by atoms with Crippen LogP contribution in [0.5, 0.6) is 0 Å². The maximum Gasteiger partial charge on any atom is 0.315 e. The Balaban J connectivity index is 2.15. The third kappa shape index (κ3) is 5.22. The lowest BCUT2D eigenvalue weighted by Gasteiger charge is -2.33. The lowest BCUT2D eigenvalue weighted by Crippen LogP contribution is -2.48. The molecule has 35 heavy (non-hydrogen) atoms. The third-order valence-electron chi connectivity index (χ3n) is 6.75. The summed E-state index contributed by atoms with van der Waals surface area (Å²) in [6.07, 6.45) is 0.780. The first-order chi connectivity index (χ1) is 16.5. The molecule has 192 valence electrons. The minimum absolute atomic E-state index is 0.0121. The van der Waals surface area contributed by atoms with E-state index in [9.17, 15) is 9.90 Å². The fourth-order valence-corrected chi connectivity index (χ4v) is 5.33. The molecule has 2 atom stereocenters. The van der Waals surface area contributed by atoms with Crippen LogP contribution in [0.3, 0.4) is 0 Å². The average Bonchev–Trinajstić information content (AvgIpc) is 3.03. The summed E-state index contributed by atoms with van der Waals surface area (Å²) in [6.45, 7) is 19.1. The normalized spacial score (nSPS) is 17.2. The van der Waals surface area contributed by atoms with E-state index >= 15 is 0 Å². The van der Waals surface area contributed by atoms with Gasteiger partial charge in [-0.2, -0.15) is 4.98 Å². The summed E-state index contributed by atoms with van der Waals surface area (Å²) >= 11 is 0. The van der Waals surface area contributed by atoms with Crippen molar-refractivity contribution < 1.29 is 9.90 Å². The van der Waals surface area contributed by atoms with Gasteiger partial charge in [0.2, 0.25) is 5.95 Å². The summed E-state index contributed by atoms with van der Waals surface area (Å²) < 4.78 is 0. The van der Waals surface area contributed by atoms with E-state index in [4.69, 9.17) is 9.97 Å². The number of anilines is 3. The number of benzene rings is 1. The maximum atomic E-state index is 12.6. The lowest BCUT2D eigenvalue weighted by molar-refractivity contribution is 0.125.